The zero-order valence-electron chi connectivity index (χ0n) is 15.4. The molecule has 0 spiro atoms. The summed E-state index contributed by atoms with van der Waals surface area (Å²) in [7, 11) is 0. The second-order valence-electron chi connectivity index (χ2n) is 6.60. The number of H-pyrrole nitrogens is 1. The van der Waals surface area contributed by atoms with E-state index < -0.39 is 0 Å². The number of halogens is 1. The molecule has 4 rings (SSSR count). The Bertz CT molecular complexity index is 1200. The first-order valence-electron chi connectivity index (χ1n) is 9.10. The maximum atomic E-state index is 12.6. The Kier molecular flexibility index (Phi) is 5.53. The minimum Gasteiger partial charge on any atom is -0.352 e. The summed E-state index contributed by atoms with van der Waals surface area (Å²) in [5.74, 6) is -0.121. The van der Waals surface area contributed by atoms with Crippen molar-refractivity contribution in [3.8, 4) is 11.3 Å². The van der Waals surface area contributed by atoms with Gasteiger partial charge in [-0.15, -0.1) is 0 Å². The minimum absolute atomic E-state index is 0.121. The molecule has 0 saturated heterocycles. The first-order chi connectivity index (χ1) is 14.1. The van der Waals surface area contributed by atoms with Gasteiger partial charge in [-0.05, 0) is 35.4 Å². The van der Waals surface area contributed by atoms with Crippen LogP contribution in [0.5, 0.6) is 0 Å². The van der Waals surface area contributed by atoms with E-state index in [4.69, 9.17) is 0 Å². The van der Waals surface area contributed by atoms with Gasteiger partial charge in [-0.2, -0.15) is 5.10 Å². The lowest BCUT2D eigenvalue weighted by Crippen LogP contribution is -2.27. The fraction of sp³-hybridized carbons (Fsp3) is 0.143. The van der Waals surface area contributed by atoms with Crippen LogP contribution >= 0.6 is 15.9 Å². The Morgan fingerprint density at radius 1 is 1.14 bits per heavy atom. The summed E-state index contributed by atoms with van der Waals surface area (Å²) in [6.07, 6.45) is 3.39. The van der Waals surface area contributed by atoms with Crippen LogP contribution in [-0.2, 0) is 17.9 Å². The second kappa shape index (κ2) is 8.40. The Hall–Kier alpha value is -3.26. The molecule has 0 atom stereocenters. The van der Waals surface area contributed by atoms with Gasteiger partial charge >= 0.3 is 0 Å². The lowest BCUT2D eigenvalue weighted by molar-refractivity contribution is -0.121. The molecular weight excluding hydrogens is 434 g/mol. The SMILES string of the molecule is O=C(CCn1cnc2ccc(Br)cc2c1=O)NCc1ccc(-c2ccn[nH]2)cc1. The Morgan fingerprint density at radius 3 is 2.72 bits per heavy atom. The first kappa shape index (κ1) is 19.1. The molecule has 0 aliphatic carbocycles. The lowest BCUT2D eigenvalue weighted by Gasteiger charge is -2.08. The van der Waals surface area contributed by atoms with Crippen LogP contribution in [0.3, 0.4) is 0 Å². The van der Waals surface area contributed by atoms with Crippen molar-refractivity contribution >= 4 is 32.7 Å². The van der Waals surface area contributed by atoms with E-state index in [0.29, 0.717) is 17.4 Å². The molecule has 1 amide bonds. The van der Waals surface area contributed by atoms with Crippen LogP contribution in [0.1, 0.15) is 12.0 Å². The number of nitrogens with zero attached hydrogens (tertiary/aromatic N) is 3. The third kappa shape index (κ3) is 4.43. The fourth-order valence-corrected chi connectivity index (χ4v) is 3.38. The standard InChI is InChI=1S/C21H18BrN5O2/c22-16-5-6-19-17(11-16)21(29)27(13-24-19)10-8-20(28)23-12-14-1-3-15(4-2-14)18-7-9-25-26-18/h1-7,9,11,13H,8,10,12H2,(H,23,28)(H,25,26). The lowest BCUT2D eigenvalue weighted by atomic mass is 10.1. The van der Waals surface area contributed by atoms with Crippen molar-refractivity contribution in [3.05, 3.63) is 81.4 Å². The predicted octanol–water partition coefficient (Wildman–Crippen LogP) is 3.26. The van der Waals surface area contributed by atoms with E-state index in [1.807, 2.05) is 36.4 Å². The van der Waals surface area contributed by atoms with Gasteiger partial charge in [0.15, 0.2) is 0 Å². The Morgan fingerprint density at radius 2 is 1.97 bits per heavy atom. The van der Waals surface area contributed by atoms with Gasteiger partial charge in [0.25, 0.3) is 5.56 Å². The molecule has 4 aromatic rings. The highest BCUT2D eigenvalue weighted by molar-refractivity contribution is 9.10. The van der Waals surface area contributed by atoms with Crippen molar-refractivity contribution in [2.75, 3.05) is 0 Å². The number of amides is 1. The van der Waals surface area contributed by atoms with Gasteiger partial charge in [0.05, 0.1) is 22.9 Å². The summed E-state index contributed by atoms with van der Waals surface area (Å²) < 4.78 is 2.28. The third-order valence-corrected chi connectivity index (χ3v) is 5.11. The number of fused-ring (bicyclic) bond motifs is 1. The van der Waals surface area contributed by atoms with Crippen LogP contribution in [0.25, 0.3) is 22.2 Å². The van der Waals surface area contributed by atoms with Crippen LogP contribution in [0.15, 0.2) is 70.3 Å². The molecule has 0 fully saturated rings. The van der Waals surface area contributed by atoms with E-state index in [-0.39, 0.29) is 24.4 Å². The number of carbonyl (C=O) groups excluding carboxylic acids is 1. The van der Waals surface area contributed by atoms with Crippen molar-refractivity contribution in [1.29, 1.82) is 0 Å². The number of hydrogen-bond donors (Lipinski definition) is 2. The molecule has 0 saturated carbocycles. The zero-order chi connectivity index (χ0) is 20.2. The molecule has 2 N–H and O–H groups in total. The highest BCUT2D eigenvalue weighted by Crippen LogP contribution is 2.17. The maximum Gasteiger partial charge on any atom is 0.261 e. The average Bonchev–Trinajstić information content (AvgIpc) is 3.27. The van der Waals surface area contributed by atoms with Crippen molar-refractivity contribution in [2.45, 2.75) is 19.5 Å². The summed E-state index contributed by atoms with van der Waals surface area (Å²) in [5, 5.41) is 10.3. The van der Waals surface area contributed by atoms with Gasteiger partial charge < -0.3 is 5.32 Å². The fourth-order valence-electron chi connectivity index (χ4n) is 3.02. The Labute approximate surface area is 174 Å². The van der Waals surface area contributed by atoms with Crippen molar-refractivity contribution < 1.29 is 4.79 Å². The molecule has 0 bridgehead atoms. The van der Waals surface area contributed by atoms with Gasteiger partial charge in [0.2, 0.25) is 5.91 Å². The minimum atomic E-state index is -0.154. The van der Waals surface area contributed by atoms with E-state index in [1.54, 1.807) is 18.3 Å². The van der Waals surface area contributed by atoms with Crippen LogP contribution < -0.4 is 10.9 Å². The van der Waals surface area contributed by atoms with Crippen LogP contribution in [0, 0.1) is 0 Å². The molecule has 2 heterocycles. The molecular formula is C21H18BrN5O2. The summed E-state index contributed by atoms with van der Waals surface area (Å²) in [4.78, 5) is 29.1. The number of rotatable bonds is 6. The number of benzene rings is 2. The molecule has 0 unspecified atom stereocenters. The Balaban J connectivity index is 1.34. The molecule has 8 heteroatoms. The summed E-state index contributed by atoms with van der Waals surface area (Å²) in [6, 6.07) is 15.2. The largest absolute Gasteiger partial charge is 0.352 e. The number of aromatic nitrogens is 4. The molecule has 29 heavy (non-hydrogen) atoms. The number of nitrogens with one attached hydrogen (secondary N) is 2. The van der Waals surface area contributed by atoms with Crippen LogP contribution in [0.4, 0.5) is 0 Å². The summed E-state index contributed by atoms with van der Waals surface area (Å²) in [5.41, 5.74) is 3.46. The molecule has 2 aromatic carbocycles. The number of aryl methyl sites for hydroxylation is 1. The van der Waals surface area contributed by atoms with Gasteiger partial charge in [0, 0.05) is 30.2 Å². The highest BCUT2D eigenvalue weighted by Gasteiger charge is 2.07. The molecule has 146 valence electrons. The zero-order valence-corrected chi connectivity index (χ0v) is 17.0. The van der Waals surface area contributed by atoms with E-state index in [0.717, 1.165) is 21.3 Å². The predicted molar refractivity (Wildman–Crippen MR) is 114 cm³/mol. The average molecular weight is 452 g/mol. The van der Waals surface area contributed by atoms with Crippen molar-refractivity contribution in [1.82, 2.24) is 25.1 Å². The number of aromatic amines is 1. The van der Waals surface area contributed by atoms with Crippen molar-refractivity contribution in [3.63, 3.8) is 0 Å². The second-order valence-corrected chi connectivity index (χ2v) is 7.51. The van der Waals surface area contributed by atoms with Gasteiger partial charge in [0.1, 0.15) is 0 Å². The topological polar surface area (TPSA) is 92.7 Å². The van der Waals surface area contributed by atoms with Crippen LogP contribution in [0.2, 0.25) is 0 Å². The smallest absolute Gasteiger partial charge is 0.261 e. The van der Waals surface area contributed by atoms with E-state index in [9.17, 15) is 9.59 Å². The normalized spacial score (nSPS) is 10.9. The molecule has 7 nitrogen and oxygen atoms in total. The quantitative estimate of drug-likeness (QED) is 0.470. The maximum absolute atomic E-state index is 12.6. The van der Waals surface area contributed by atoms with Crippen LogP contribution in [-0.4, -0.2) is 25.7 Å². The van der Waals surface area contributed by atoms with Crippen molar-refractivity contribution in [2.24, 2.45) is 0 Å². The monoisotopic (exact) mass is 451 g/mol. The van der Waals surface area contributed by atoms with Gasteiger partial charge in [-0.3, -0.25) is 19.3 Å². The highest BCUT2D eigenvalue weighted by atomic mass is 79.9. The molecule has 2 aromatic heterocycles. The molecule has 0 aliphatic rings. The first-order valence-corrected chi connectivity index (χ1v) is 9.89. The number of carbonyl (C=O) groups is 1. The van der Waals surface area contributed by atoms with Gasteiger partial charge in [-0.25, -0.2) is 4.98 Å². The molecule has 0 aliphatic heterocycles. The van der Waals surface area contributed by atoms with E-state index >= 15 is 0 Å². The van der Waals surface area contributed by atoms with E-state index in [1.165, 1.54) is 10.9 Å². The van der Waals surface area contributed by atoms with Gasteiger partial charge in [-0.1, -0.05) is 40.2 Å². The number of hydrogen-bond acceptors (Lipinski definition) is 4. The van der Waals surface area contributed by atoms with E-state index in [2.05, 4.69) is 36.4 Å². The molecule has 0 radical (unpaired) electrons. The third-order valence-electron chi connectivity index (χ3n) is 4.62. The summed E-state index contributed by atoms with van der Waals surface area (Å²) in [6.45, 7) is 0.707. The summed E-state index contributed by atoms with van der Waals surface area (Å²) >= 11 is 3.37.